The Morgan fingerprint density at radius 2 is 1.89 bits per heavy atom. The maximum atomic E-state index is 13.0. The molecule has 1 aromatic rings. The molecule has 0 saturated carbocycles. The van der Waals surface area contributed by atoms with E-state index in [0.717, 1.165) is 69.9 Å². The van der Waals surface area contributed by atoms with Gasteiger partial charge in [0.25, 0.3) is 5.91 Å². The molecule has 6 heteroatoms. The largest absolute Gasteiger partial charge is 0.364 e. The van der Waals surface area contributed by atoms with E-state index in [9.17, 15) is 9.59 Å². The summed E-state index contributed by atoms with van der Waals surface area (Å²) in [5, 5.41) is 0. The summed E-state index contributed by atoms with van der Waals surface area (Å²) < 4.78 is 0. The van der Waals surface area contributed by atoms with Crippen molar-refractivity contribution in [2.45, 2.75) is 46.0 Å². The summed E-state index contributed by atoms with van der Waals surface area (Å²) in [6.07, 6.45) is 5.17. The molecule has 1 N–H and O–H groups in total. The molecule has 1 atom stereocenters. The Morgan fingerprint density at radius 1 is 1.11 bits per heavy atom. The Bertz CT molecular complexity index is 654. The number of nitrogens with one attached hydrogen (secondary N) is 1. The summed E-state index contributed by atoms with van der Waals surface area (Å²) in [5.41, 5.74) is 1.87. The Balaban J connectivity index is 1.57. The molecule has 1 unspecified atom stereocenters. The number of hydrogen-bond acceptors (Lipinski definition) is 3. The van der Waals surface area contributed by atoms with Crippen molar-refractivity contribution in [3.8, 4) is 0 Å². The molecule has 3 heterocycles. The number of piperidine rings is 1. The minimum absolute atomic E-state index is 0.170. The van der Waals surface area contributed by atoms with E-state index >= 15 is 0 Å². The number of carbonyl (C=O) groups excluding carboxylic acids is 2. The molecular weight excluding hydrogens is 340 g/mol. The molecular formula is C21H34N4O2. The molecule has 3 rings (SSSR count). The Morgan fingerprint density at radius 3 is 2.63 bits per heavy atom. The number of H-pyrrole nitrogens is 1. The second-order valence-corrected chi connectivity index (χ2v) is 8.38. The number of carbonyl (C=O) groups is 2. The van der Waals surface area contributed by atoms with E-state index in [0.29, 0.717) is 11.8 Å². The summed E-state index contributed by atoms with van der Waals surface area (Å²) >= 11 is 0. The third-order valence-electron chi connectivity index (χ3n) is 5.94. The van der Waals surface area contributed by atoms with Gasteiger partial charge in [-0.05, 0) is 43.7 Å². The fourth-order valence-corrected chi connectivity index (χ4v) is 4.45. The van der Waals surface area contributed by atoms with Crippen LogP contribution in [0, 0.1) is 5.92 Å². The highest BCUT2D eigenvalue weighted by Gasteiger charge is 2.28. The number of nitrogens with zero attached hydrogens (tertiary/aromatic N) is 3. The standard InChI is InChI=1S/C21H34N4O2/c1-16(2)20-19(7-8-22-20)21(27)25-10-4-6-18(15-25)14-23-9-5-11-24(13-12-23)17(3)26/h7-8,16,18,22H,4-6,9-15H2,1-3H3. The number of aromatic nitrogens is 1. The van der Waals surface area contributed by atoms with Gasteiger partial charge in [0.2, 0.25) is 5.91 Å². The minimum atomic E-state index is 0.170. The van der Waals surface area contributed by atoms with E-state index in [4.69, 9.17) is 0 Å². The smallest absolute Gasteiger partial charge is 0.255 e. The van der Waals surface area contributed by atoms with Gasteiger partial charge in [-0.3, -0.25) is 9.59 Å². The summed E-state index contributed by atoms with van der Waals surface area (Å²) in [5.74, 6) is 1.19. The van der Waals surface area contributed by atoms with Crippen molar-refractivity contribution in [1.29, 1.82) is 0 Å². The second kappa shape index (κ2) is 8.91. The SMILES string of the molecule is CC(=O)N1CCCN(CC2CCCN(C(=O)c3cc[nH]c3C(C)C)C2)CC1. The molecule has 2 amide bonds. The van der Waals surface area contributed by atoms with Gasteiger partial charge in [0.05, 0.1) is 5.56 Å². The zero-order chi connectivity index (χ0) is 19.4. The molecule has 1 aromatic heterocycles. The van der Waals surface area contributed by atoms with Crippen molar-refractivity contribution in [3.63, 3.8) is 0 Å². The van der Waals surface area contributed by atoms with E-state index in [1.165, 1.54) is 6.42 Å². The zero-order valence-corrected chi connectivity index (χ0v) is 17.0. The van der Waals surface area contributed by atoms with Crippen LogP contribution in [0.25, 0.3) is 0 Å². The predicted molar refractivity (Wildman–Crippen MR) is 107 cm³/mol. The molecule has 0 spiro atoms. The van der Waals surface area contributed by atoms with Crippen LogP contribution in [-0.4, -0.2) is 77.3 Å². The normalized spacial score (nSPS) is 22.1. The lowest BCUT2D eigenvalue weighted by Gasteiger charge is -2.35. The van der Waals surface area contributed by atoms with E-state index in [1.54, 1.807) is 6.92 Å². The zero-order valence-electron chi connectivity index (χ0n) is 17.0. The molecule has 0 aliphatic carbocycles. The van der Waals surface area contributed by atoms with Crippen LogP contribution in [0.5, 0.6) is 0 Å². The topological polar surface area (TPSA) is 59.7 Å². The number of aromatic amines is 1. The minimum Gasteiger partial charge on any atom is -0.364 e. The van der Waals surface area contributed by atoms with Crippen molar-refractivity contribution >= 4 is 11.8 Å². The van der Waals surface area contributed by atoms with Gasteiger partial charge in [-0.15, -0.1) is 0 Å². The molecule has 0 bridgehead atoms. The van der Waals surface area contributed by atoms with Crippen molar-refractivity contribution < 1.29 is 9.59 Å². The molecule has 2 aliphatic heterocycles. The van der Waals surface area contributed by atoms with Crippen LogP contribution in [-0.2, 0) is 4.79 Å². The maximum absolute atomic E-state index is 13.0. The molecule has 0 radical (unpaired) electrons. The van der Waals surface area contributed by atoms with Gasteiger partial charge in [-0.1, -0.05) is 13.8 Å². The lowest BCUT2D eigenvalue weighted by molar-refractivity contribution is -0.128. The van der Waals surface area contributed by atoms with E-state index in [1.807, 2.05) is 22.1 Å². The third-order valence-corrected chi connectivity index (χ3v) is 5.94. The average molecular weight is 375 g/mol. The second-order valence-electron chi connectivity index (χ2n) is 8.38. The van der Waals surface area contributed by atoms with Crippen LogP contribution < -0.4 is 0 Å². The van der Waals surface area contributed by atoms with Crippen molar-refractivity contribution in [2.75, 3.05) is 45.8 Å². The maximum Gasteiger partial charge on any atom is 0.255 e. The van der Waals surface area contributed by atoms with Gasteiger partial charge in [0.1, 0.15) is 0 Å². The monoisotopic (exact) mass is 374 g/mol. The first kappa shape index (κ1) is 19.9. The summed E-state index contributed by atoms with van der Waals surface area (Å²) in [6.45, 7) is 12.3. The van der Waals surface area contributed by atoms with Gasteiger partial charge in [0, 0.05) is 58.1 Å². The predicted octanol–water partition coefficient (Wildman–Crippen LogP) is 2.54. The first-order valence-electron chi connectivity index (χ1n) is 10.4. The molecule has 2 fully saturated rings. The van der Waals surface area contributed by atoms with E-state index in [2.05, 4.69) is 23.7 Å². The molecule has 2 aliphatic rings. The van der Waals surface area contributed by atoms with Crippen LogP contribution in [0.1, 0.15) is 62.0 Å². The van der Waals surface area contributed by atoms with Crippen molar-refractivity contribution in [1.82, 2.24) is 19.7 Å². The first-order chi connectivity index (χ1) is 13.0. The van der Waals surface area contributed by atoms with Crippen LogP contribution in [0.15, 0.2) is 12.3 Å². The van der Waals surface area contributed by atoms with Crippen LogP contribution in [0.3, 0.4) is 0 Å². The molecule has 0 aromatic carbocycles. The van der Waals surface area contributed by atoms with Gasteiger partial charge in [0.15, 0.2) is 0 Å². The van der Waals surface area contributed by atoms with Crippen molar-refractivity contribution in [2.24, 2.45) is 5.92 Å². The Kier molecular flexibility index (Phi) is 6.58. The highest BCUT2D eigenvalue weighted by Crippen LogP contribution is 2.24. The highest BCUT2D eigenvalue weighted by atomic mass is 16.2. The summed E-state index contributed by atoms with van der Waals surface area (Å²) in [7, 11) is 0. The Labute approximate surface area is 162 Å². The summed E-state index contributed by atoms with van der Waals surface area (Å²) in [4.78, 5) is 34.4. The van der Waals surface area contributed by atoms with Gasteiger partial charge < -0.3 is 19.7 Å². The quantitative estimate of drug-likeness (QED) is 0.881. The first-order valence-corrected chi connectivity index (χ1v) is 10.4. The number of amides is 2. The number of rotatable bonds is 4. The fourth-order valence-electron chi connectivity index (χ4n) is 4.45. The number of hydrogen-bond donors (Lipinski definition) is 1. The van der Waals surface area contributed by atoms with E-state index in [-0.39, 0.29) is 11.8 Å². The molecule has 2 saturated heterocycles. The number of likely N-dealkylation sites (tertiary alicyclic amines) is 1. The Hall–Kier alpha value is -1.82. The fraction of sp³-hybridized carbons (Fsp3) is 0.714. The van der Waals surface area contributed by atoms with Crippen LogP contribution >= 0.6 is 0 Å². The lowest BCUT2D eigenvalue weighted by Crippen LogP contribution is -2.44. The van der Waals surface area contributed by atoms with Crippen molar-refractivity contribution in [3.05, 3.63) is 23.5 Å². The van der Waals surface area contributed by atoms with Crippen LogP contribution in [0.4, 0.5) is 0 Å². The van der Waals surface area contributed by atoms with E-state index < -0.39 is 0 Å². The van der Waals surface area contributed by atoms with Gasteiger partial charge in [-0.25, -0.2) is 0 Å². The molecule has 150 valence electrons. The third kappa shape index (κ3) is 4.92. The van der Waals surface area contributed by atoms with Crippen LogP contribution in [0.2, 0.25) is 0 Å². The average Bonchev–Trinajstić information content (AvgIpc) is 3.02. The van der Waals surface area contributed by atoms with Gasteiger partial charge >= 0.3 is 0 Å². The molecule has 6 nitrogen and oxygen atoms in total. The lowest BCUT2D eigenvalue weighted by atomic mass is 9.96. The summed E-state index contributed by atoms with van der Waals surface area (Å²) in [6, 6.07) is 1.92. The highest BCUT2D eigenvalue weighted by molar-refractivity contribution is 5.95. The van der Waals surface area contributed by atoms with Gasteiger partial charge in [-0.2, -0.15) is 0 Å². The molecule has 27 heavy (non-hydrogen) atoms.